The van der Waals surface area contributed by atoms with E-state index in [1.807, 2.05) is 0 Å². The molecule has 0 unspecified atom stereocenters. The van der Waals surface area contributed by atoms with Crippen LogP contribution >= 0.6 is 28.1 Å². The van der Waals surface area contributed by atoms with E-state index in [0.29, 0.717) is 33.0 Å². The van der Waals surface area contributed by atoms with Crippen molar-refractivity contribution in [2.75, 3.05) is 26.2 Å². The summed E-state index contributed by atoms with van der Waals surface area (Å²) in [4.78, 5) is 27.0. The fraction of sp³-hybridized carbons (Fsp3) is 0.150. The van der Waals surface area contributed by atoms with Crippen LogP contribution in [0.2, 0.25) is 0 Å². The molecular weight excluding hydrogens is 460 g/mol. The van der Waals surface area contributed by atoms with Gasteiger partial charge >= 0.3 is 0 Å². The summed E-state index contributed by atoms with van der Waals surface area (Å²) in [7, 11) is 4.51. The molecule has 7 nitrogen and oxygen atoms in total. The Hall–Kier alpha value is -2.91. The molecule has 2 amide bonds. The zero-order valence-corrected chi connectivity index (χ0v) is 18.2. The molecule has 1 saturated heterocycles. The maximum atomic E-state index is 13.2. The van der Waals surface area contributed by atoms with Gasteiger partial charge in [-0.3, -0.25) is 14.9 Å². The first-order valence-corrected chi connectivity index (χ1v) is 9.57. The van der Waals surface area contributed by atoms with Gasteiger partial charge in [0.05, 0.1) is 31.5 Å². The van der Waals surface area contributed by atoms with E-state index in [9.17, 15) is 9.59 Å². The molecule has 1 N–H and O–H groups in total. The summed E-state index contributed by atoms with van der Waals surface area (Å²) < 4.78 is 16.6. The van der Waals surface area contributed by atoms with Gasteiger partial charge in [0.25, 0.3) is 11.8 Å². The molecule has 9 heteroatoms. The number of benzene rings is 2. The molecule has 150 valence electrons. The van der Waals surface area contributed by atoms with Crippen molar-refractivity contribution in [3.05, 3.63) is 52.0 Å². The Morgan fingerprint density at radius 1 is 1.00 bits per heavy atom. The molecule has 29 heavy (non-hydrogen) atoms. The highest BCUT2D eigenvalue weighted by atomic mass is 79.9. The lowest BCUT2D eigenvalue weighted by molar-refractivity contribution is -0.122. The summed E-state index contributed by atoms with van der Waals surface area (Å²) in [6.07, 6.45) is 1.45. The first kappa shape index (κ1) is 20.8. The van der Waals surface area contributed by atoms with E-state index in [2.05, 4.69) is 21.2 Å². The molecule has 2 aromatic rings. The van der Waals surface area contributed by atoms with E-state index in [1.54, 1.807) is 36.4 Å². The number of carbonyl (C=O) groups is 2. The Morgan fingerprint density at radius 3 is 2.31 bits per heavy atom. The van der Waals surface area contributed by atoms with Crippen LogP contribution < -0.4 is 24.4 Å². The number of thiocarbonyl (C=S) groups is 1. The molecular formula is C20H17BrN2O5S. The lowest BCUT2D eigenvalue weighted by atomic mass is 10.1. The Kier molecular flexibility index (Phi) is 6.19. The Morgan fingerprint density at radius 2 is 1.66 bits per heavy atom. The molecule has 0 spiro atoms. The zero-order valence-electron chi connectivity index (χ0n) is 15.8. The number of para-hydroxylation sites is 2. The monoisotopic (exact) mass is 476 g/mol. The van der Waals surface area contributed by atoms with Crippen LogP contribution in [0.1, 0.15) is 5.56 Å². The van der Waals surface area contributed by atoms with Gasteiger partial charge in [-0.1, -0.05) is 12.1 Å². The number of carbonyl (C=O) groups excluding carboxylic acids is 2. The van der Waals surface area contributed by atoms with E-state index in [0.717, 1.165) is 0 Å². The van der Waals surface area contributed by atoms with E-state index in [1.165, 1.54) is 32.3 Å². The second-order valence-electron chi connectivity index (χ2n) is 5.86. The van der Waals surface area contributed by atoms with Crippen molar-refractivity contribution < 1.29 is 23.8 Å². The topological polar surface area (TPSA) is 77.1 Å². The van der Waals surface area contributed by atoms with Gasteiger partial charge in [0.15, 0.2) is 5.11 Å². The predicted molar refractivity (Wildman–Crippen MR) is 116 cm³/mol. The fourth-order valence-corrected chi connectivity index (χ4v) is 3.64. The third kappa shape index (κ3) is 3.96. The number of anilines is 1. The van der Waals surface area contributed by atoms with Gasteiger partial charge in [0.2, 0.25) is 0 Å². The number of amides is 2. The molecule has 0 saturated carbocycles. The number of ether oxygens (including phenoxy) is 3. The molecule has 2 aromatic carbocycles. The summed E-state index contributed by atoms with van der Waals surface area (Å²) in [5.74, 6) is 0.274. The average Bonchev–Trinajstić information content (AvgIpc) is 2.71. The third-order valence-electron chi connectivity index (χ3n) is 4.23. The van der Waals surface area contributed by atoms with Crippen molar-refractivity contribution in [3.63, 3.8) is 0 Å². The van der Waals surface area contributed by atoms with E-state index in [-0.39, 0.29) is 10.7 Å². The van der Waals surface area contributed by atoms with Crippen LogP contribution in [0.25, 0.3) is 6.08 Å². The van der Waals surface area contributed by atoms with Crippen molar-refractivity contribution >= 4 is 56.8 Å². The van der Waals surface area contributed by atoms with Crippen molar-refractivity contribution in [1.82, 2.24) is 5.32 Å². The summed E-state index contributed by atoms with van der Waals surface area (Å²) >= 11 is 8.63. The molecule has 1 aliphatic rings. The minimum atomic E-state index is -0.597. The number of halogens is 1. The quantitative estimate of drug-likeness (QED) is 0.405. The summed E-state index contributed by atoms with van der Waals surface area (Å²) in [6, 6.07) is 10.3. The summed E-state index contributed by atoms with van der Waals surface area (Å²) in [5.41, 5.74) is 0.852. The van der Waals surface area contributed by atoms with E-state index in [4.69, 9.17) is 26.4 Å². The molecule has 0 atom stereocenters. The number of nitrogens with one attached hydrogen (secondary N) is 1. The van der Waals surface area contributed by atoms with Crippen molar-refractivity contribution in [3.8, 4) is 17.2 Å². The van der Waals surface area contributed by atoms with E-state index < -0.39 is 11.8 Å². The second kappa shape index (κ2) is 8.62. The highest BCUT2D eigenvalue weighted by Crippen LogP contribution is 2.35. The lowest BCUT2D eigenvalue weighted by Gasteiger charge is -2.29. The van der Waals surface area contributed by atoms with Gasteiger partial charge < -0.3 is 14.2 Å². The number of methoxy groups -OCH3 is 3. The fourth-order valence-electron chi connectivity index (χ4n) is 2.84. The third-order valence-corrected chi connectivity index (χ3v) is 5.14. The maximum absolute atomic E-state index is 13.2. The standard InChI is InChI=1S/C20H17BrN2O5S/c1-26-15-7-5-4-6-14(15)23-19(25)12(18(24)22-20(23)29)8-11-9-13(21)17(28-3)10-16(11)27-2/h4-10H,1-3H3,(H,22,24,29)/b12-8+. The Bertz CT molecular complexity index is 1040. The number of nitrogens with zero attached hydrogens (tertiary/aromatic N) is 1. The SMILES string of the molecule is COc1cc(OC)c(/C=C2\C(=O)NC(=S)N(c3ccccc3OC)C2=O)cc1Br. The molecule has 3 rings (SSSR count). The first-order chi connectivity index (χ1) is 13.9. The minimum absolute atomic E-state index is 0.0236. The van der Waals surface area contributed by atoms with Crippen LogP contribution in [-0.2, 0) is 9.59 Å². The van der Waals surface area contributed by atoms with Gasteiger partial charge in [0, 0.05) is 11.6 Å². The smallest absolute Gasteiger partial charge is 0.270 e. The van der Waals surface area contributed by atoms with Crippen LogP contribution in [0.4, 0.5) is 5.69 Å². The van der Waals surface area contributed by atoms with Crippen molar-refractivity contribution in [2.24, 2.45) is 0 Å². The maximum Gasteiger partial charge on any atom is 0.270 e. The van der Waals surface area contributed by atoms with Crippen LogP contribution in [0.5, 0.6) is 17.2 Å². The van der Waals surface area contributed by atoms with Crippen LogP contribution in [0.3, 0.4) is 0 Å². The normalized spacial score (nSPS) is 15.4. The molecule has 1 aliphatic heterocycles. The average molecular weight is 477 g/mol. The molecule has 1 fully saturated rings. The van der Waals surface area contributed by atoms with Crippen molar-refractivity contribution in [1.29, 1.82) is 0 Å². The van der Waals surface area contributed by atoms with Crippen molar-refractivity contribution in [2.45, 2.75) is 0 Å². The van der Waals surface area contributed by atoms with Gasteiger partial charge in [-0.05, 0) is 52.4 Å². The first-order valence-electron chi connectivity index (χ1n) is 8.37. The molecule has 0 radical (unpaired) electrons. The molecule has 1 heterocycles. The summed E-state index contributed by atoms with van der Waals surface area (Å²) in [5, 5.41) is 2.53. The van der Waals surface area contributed by atoms with Gasteiger partial charge in [-0.25, -0.2) is 4.90 Å². The zero-order chi connectivity index (χ0) is 21.1. The minimum Gasteiger partial charge on any atom is -0.496 e. The lowest BCUT2D eigenvalue weighted by Crippen LogP contribution is -2.54. The highest BCUT2D eigenvalue weighted by molar-refractivity contribution is 9.10. The highest BCUT2D eigenvalue weighted by Gasteiger charge is 2.36. The summed E-state index contributed by atoms with van der Waals surface area (Å²) in [6.45, 7) is 0. The van der Waals surface area contributed by atoms with Crippen LogP contribution in [-0.4, -0.2) is 38.3 Å². The van der Waals surface area contributed by atoms with Gasteiger partial charge in [-0.2, -0.15) is 0 Å². The largest absolute Gasteiger partial charge is 0.496 e. The van der Waals surface area contributed by atoms with Gasteiger partial charge in [-0.15, -0.1) is 0 Å². The van der Waals surface area contributed by atoms with Crippen LogP contribution in [0, 0.1) is 0 Å². The molecule has 0 aliphatic carbocycles. The van der Waals surface area contributed by atoms with E-state index >= 15 is 0 Å². The Labute approximate surface area is 181 Å². The molecule has 0 aromatic heterocycles. The van der Waals surface area contributed by atoms with Crippen LogP contribution in [0.15, 0.2) is 46.4 Å². The number of hydrogen-bond donors (Lipinski definition) is 1. The Balaban J connectivity index is 2.10. The number of rotatable bonds is 5. The molecule has 0 bridgehead atoms. The predicted octanol–water partition coefficient (Wildman–Crippen LogP) is 3.31. The number of hydrogen-bond acceptors (Lipinski definition) is 6. The van der Waals surface area contributed by atoms with Gasteiger partial charge in [0.1, 0.15) is 22.8 Å². The second-order valence-corrected chi connectivity index (χ2v) is 7.10.